The van der Waals surface area contributed by atoms with Crippen LogP contribution in [0.25, 0.3) is 11.6 Å². The predicted octanol–water partition coefficient (Wildman–Crippen LogP) is 3.61. The average Bonchev–Trinajstić information content (AvgIpc) is 3.25. The lowest BCUT2D eigenvalue weighted by molar-refractivity contribution is -0.117. The Hall–Kier alpha value is -2.73. The van der Waals surface area contributed by atoms with E-state index < -0.39 is 0 Å². The lowest BCUT2D eigenvalue weighted by Gasteiger charge is -2.19. The van der Waals surface area contributed by atoms with Crippen molar-refractivity contribution in [3.05, 3.63) is 59.0 Å². The Morgan fingerprint density at radius 1 is 1.28 bits per heavy atom. The van der Waals surface area contributed by atoms with Crippen molar-refractivity contribution in [1.29, 1.82) is 0 Å². The van der Waals surface area contributed by atoms with E-state index in [9.17, 15) is 4.79 Å². The van der Waals surface area contributed by atoms with E-state index in [1.165, 1.54) is 0 Å². The number of pyridine rings is 1. The van der Waals surface area contributed by atoms with Gasteiger partial charge in [-0.2, -0.15) is 4.98 Å². The zero-order chi connectivity index (χ0) is 17.4. The summed E-state index contributed by atoms with van der Waals surface area (Å²) in [5.41, 5.74) is 2.45. The van der Waals surface area contributed by atoms with Gasteiger partial charge in [0.25, 0.3) is 5.89 Å². The first-order valence-corrected chi connectivity index (χ1v) is 8.31. The molecule has 6 nitrogen and oxygen atoms in total. The van der Waals surface area contributed by atoms with Crippen molar-refractivity contribution in [2.45, 2.75) is 19.3 Å². The summed E-state index contributed by atoms with van der Waals surface area (Å²) in [6.45, 7) is 2.46. The number of benzene rings is 1. The minimum atomic E-state index is -0.118. The topological polar surface area (TPSA) is 72.1 Å². The summed E-state index contributed by atoms with van der Waals surface area (Å²) in [6, 6.07) is 11.0. The van der Waals surface area contributed by atoms with Crippen LogP contribution >= 0.6 is 11.6 Å². The molecular formula is C18H15ClN4O2. The van der Waals surface area contributed by atoms with Crippen molar-refractivity contribution < 1.29 is 9.32 Å². The molecule has 0 spiro atoms. The highest BCUT2D eigenvalue weighted by molar-refractivity contribution is 6.31. The van der Waals surface area contributed by atoms with Gasteiger partial charge >= 0.3 is 0 Å². The third kappa shape index (κ3) is 3.00. The highest BCUT2D eigenvalue weighted by Gasteiger charge is 2.35. The third-order valence-corrected chi connectivity index (χ3v) is 4.51. The molecule has 7 heteroatoms. The van der Waals surface area contributed by atoms with E-state index >= 15 is 0 Å². The molecule has 1 aromatic carbocycles. The van der Waals surface area contributed by atoms with Crippen LogP contribution in [0.1, 0.15) is 23.7 Å². The molecule has 25 heavy (non-hydrogen) atoms. The van der Waals surface area contributed by atoms with Crippen LogP contribution in [0.4, 0.5) is 5.69 Å². The zero-order valence-corrected chi connectivity index (χ0v) is 14.3. The van der Waals surface area contributed by atoms with E-state index in [0.29, 0.717) is 35.4 Å². The number of anilines is 1. The third-order valence-electron chi connectivity index (χ3n) is 4.28. The second kappa shape index (κ2) is 6.29. The molecule has 1 aliphatic rings. The molecule has 0 N–H and O–H groups in total. The highest BCUT2D eigenvalue weighted by atomic mass is 35.5. The number of carbonyl (C=O) groups excluding carboxylic acids is 1. The van der Waals surface area contributed by atoms with Gasteiger partial charge in [-0.25, -0.2) is 0 Å². The number of rotatable bonds is 3. The molecule has 0 radical (unpaired) electrons. The molecule has 0 saturated carbocycles. The standard InChI is InChI=1S/C18H15ClN4O2/c1-11-5-6-13(19)9-15(11)23-10-12(8-16(23)24)17-21-18(25-22-17)14-4-2-3-7-20-14/h2-7,9,12H,8,10H2,1H3. The van der Waals surface area contributed by atoms with Gasteiger partial charge in [-0.15, -0.1) is 0 Å². The van der Waals surface area contributed by atoms with Gasteiger partial charge in [-0.1, -0.05) is 28.9 Å². The Kier molecular flexibility index (Phi) is 3.97. The molecule has 1 unspecified atom stereocenters. The van der Waals surface area contributed by atoms with E-state index in [0.717, 1.165) is 11.3 Å². The van der Waals surface area contributed by atoms with Crippen molar-refractivity contribution in [2.75, 3.05) is 11.4 Å². The Labute approximate surface area is 149 Å². The van der Waals surface area contributed by atoms with Gasteiger partial charge in [-0.05, 0) is 36.8 Å². The lowest BCUT2D eigenvalue weighted by atomic mass is 10.1. The molecule has 0 aliphatic carbocycles. The van der Waals surface area contributed by atoms with E-state index in [2.05, 4.69) is 15.1 Å². The Bertz CT molecular complexity index is 926. The number of aryl methyl sites for hydroxylation is 1. The van der Waals surface area contributed by atoms with E-state index in [1.54, 1.807) is 17.2 Å². The van der Waals surface area contributed by atoms with Gasteiger partial charge in [0.1, 0.15) is 5.69 Å². The molecule has 2 aromatic heterocycles. The Balaban J connectivity index is 1.59. The van der Waals surface area contributed by atoms with Crippen molar-refractivity contribution in [3.8, 4) is 11.6 Å². The first kappa shape index (κ1) is 15.8. The molecule has 3 aromatic rings. The summed E-state index contributed by atoms with van der Waals surface area (Å²) in [5.74, 6) is 0.795. The van der Waals surface area contributed by atoms with Crippen LogP contribution in [-0.4, -0.2) is 27.6 Å². The fourth-order valence-electron chi connectivity index (χ4n) is 2.98. The van der Waals surface area contributed by atoms with Crippen LogP contribution in [0.5, 0.6) is 0 Å². The normalized spacial score (nSPS) is 17.3. The van der Waals surface area contributed by atoms with Crippen molar-refractivity contribution in [2.24, 2.45) is 0 Å². The highest BCUT2D eigenvalue weighted by Crippen LogP contribution is 2.34. The van der Waals surface area contributed by atoms with E-state index in [-0.39, 0.29) is 11.8 Å². The molecule has 3 heterocycles. The molecule has 1 aliphatic heterocycles. The summed E-state index contributed by atoms with van der Waals surface area (Å²) in [5, 5.41) is 4.65. The molecular weight excluding hydrogens is 340 g/mol. The predicted molar refractivity (Wildman–Crippen MR) is 93.4 cm³/mol. The molecule has 1 saturated heterocycles. The van der Waals surface area contributed by atoms with Crippen LogP contribution in [-0.2, 0) is 4.79 Å². The summed E-state index contributed by atoms with van der Waals surface area (Å²) < 4.78 is 5.31. The SMILES string of the molecule is Cc1ccc(Cl)cc1N1CC(c2noc(-c3ccccn3)n2)CC1=O. The number of aromatic nitrogens is 3. The first-order chi connectivity index (χ1) is 12.1. The number of amides is 1. The van der Waals surface area contributed by atoms with Crippen LogP contribution in [0.3, 0.4) is 0 Å². The second-order valence-corrected chi connectivity index (χ2v) is 6.45. The van der Waals surface area contributed by atoms with Gasteiger partial charge in [0, 0.05) is 35.8 Å². The number of halogens is 1. The quantitative estimate of drug-likeness (QED) is 0.718. The number of hydrogen-bond acceptors (Lipinski definition) is 5. The summed E-state index contributed by atoms with van der Waals surface area (Å²) in [6.07, 6.45) is 2.01. The van der Waals surface area contributed by atoms with Gasteiger partial charge in [0.2, 0.25) is 5.91 Å². The van der Waals surface area contributed by atoms with Crippen LogP contribution < -0.4 is 4.90 Å². The van der Waals surface area contributed by atoms with Crippen LogP contribution in [0.15, 0.2) is 47.1 Å². The van der Waals surface area contributed by atoms with E-state index in [1.807, 2.05) is 37.3 Å². The first-order valence-electron chi connectivity index (χ1n) is 7.93. The number of nitrogens with zero attached hydrogens (tertiary/aromatic N) is 4. The van der Waals surface area contributed by atoms with E-state index in [4.69, 9.17) is 16.1 Å². The van der Waals surface area contributed by atoms with Crippen molar-refractivity contribution in [1.82, 2.24) is 15.1 Å². The summed E-state index contributed by atoms with van der Waals surface area (Å²) in [4.78, 5) is 22.8. The monoisotopic (exact) mass is 354 g/mol. The smallest absolute Gasteiger partial charge is 0.276 e. The maximum absolute atomic E-state index is 12.5. The van der Waals surface area contributed by atoms with Crippen LogP contribution in [0, 0.1) is 6.92 Å². The molecule has 0 bridgehead atoms. The summed E-state index contributed by atoms with van der Waals surface area (Å²) in [7, 11) is 0. The van der Waals surface area contributed by atoms with Gasteiger partial charge in [0.05, 0.1) is 0 Å². The fraction of sp³-hybridized carbons (Fsp3) is 0.222. The number of carbonyl (C=O) groups is 1. The van der Waals surface area contributed by atoms with Crippen LogP contribution in [0.2, 0.25) is 5.02 Å². The van der Waals surface area contributed by atoms with Gasteiger partial charge in [-0.3, -0.25) is 9.78 Å². The van der Waals surface area contributed by atoms with Gasteiger partial charge < -0.3 is 9.42 Å². The Morgan fingerprint density at radius 2 is 2.16 bits per heavy atom. The Morgan fingerprint density at radius 3 is 2.96 bits per heavy atom. The molecule has 126 valence electrons. The molecule has 4 rings (SSSR count). The summed E-state index contributed by atoms with van der Waals surface area (Å²) >= 11 is 6.08. The van der Waals surface area contributed by atoms with Gasteiger partial charge in [0.15, 0.2) is 5.82 Å². The minimum Gasteiger partial charge on any atom is -0.332 e. The van der Waals surface area contributed by atoms with Crippen molar-refractivity contribution in [3.63, 3.8) is 0 Å². The molecule has 1 atom stereocenters. The zero-order valence-electron chi connectivity index (χ0n) is 13.5. The largest absolute Gasteiger partial charge is 0.332 e. The number of hydrogen-bond donors (Lipinski definition) is 0. The fourth-order valence-corrected chi connectivity index (χ4v) is 3.15. The average molecular weight is 355 g/mol. The molecule has 1 amide bonds. The maximum Gasteiger partial charge on any atom is 0.276 e. The molecule has 1 fully saturated rings. The minimum absolute atomic E-state index is 0.0274. The maximum atomic E-state index is 12.5. The van der Waals surface area contributed by atoms with Crippen molar-refractivity contribution >= 4 is 23.2 Å². The second-order valence-electron chi connectivity index (χ2n) is 6.01. The lowest BCUT2D eigenvalue weighted by Crippen LogP contribution is -2.25.